The summed E-state index contributed by atoms with van der Waals surface area (Å²) in [4.78, 5) is 0.0365. The number of halogens is 2. The van der Waals surface area contributed by atoms with Gasteiger partial charge in [0.1, 0.15) is 11.6 Å². The Bertz CT molecular complexity index is 462. The quantitative estimate of drug-likeness (QED) is 0.884. The lowest BCUT2D eigenvalue weighted by Gasteiger charge is -2.28. The number of rotatable bonds is 2. The molecule has 0 fully saturated rings. The maximum Gasteiger partial charge on any atom is 0.139 e. The Balaban J connectivity index is 2.51. The number of benzene rings is 1. The first-order chi connectivity index (χ1) is 8.00. The lowest BCUT2D eigenvalue weighted by Crippen LogP contribution is -2.33. The highest BCUT2D eigenvalue weighted by atomic mass is 32.2. The van der Waals surface area contributed by atoms with Crippen LogP contribution in [-0.2, 0) is 10.8 Å². The smallest absolute Gasteiger partial charge is 0.139 e. The molecule has 1 aliphatic rings. The third-order valence-electron chi connectivity index (χ3n) is 2.80. The van der Waals surface area contributed by atoms with Gasteiger partial charge in [-0.15, -0.1) is 0 Å². The molecular formula is C12H15F2NOS. The van der Waals surface area contributed by atoms with Gasteiger partial charge in [-0.3, -0.25) is 4.21 Å². The van der Waals surface area contributed by atoms with Crippen LogP contribution in [0.1, 0.15) is 31.9 Å². The van der Waals surface area contributed by atoms with E-state index in [2.05, 4.69) is 5.32 Å². The van der Waals surface area contributed by atoms with Crippen molar-refractivity contribution < 1.29 is 13.0 Å². The maximum atomic E-state index is 13.8. The van der Waals surface area contributed by atoms with Crippen LogP contribution in [-0.4, -0.2) is 16.0 Å². The first-order valence-corrected chi connectivity index (χ1v) is 6.95. The summed E-state index contributed by atoms with van der Waals surface area (Å²) in [5.41, 5.74) is 0.239. The summed E-state index contributed by atoms with van der Waals surface area (Å²) in [7, 11) is -1.43. The SMILES string of the molecule is CC(C)NC1CCS(=O)c2c(F)ccc(F)c21. The normalized spacial score (nSPS) is 23.8. The van der Waals surface area contributed by atoms with Gasteiger partial charge in [-0.05, 0) is 18.6 Å². The summed E-state index contributed by atoms with van der Waals surface area (Å²) in [6.07, 6.45) is 0.568. The van der Waals surface area contributed by atoms with E-state index in [9.17, 15) is 13.0 Å². The topological polar surface area (TPSA) is 29.1 Å². The molecule has 1 aliphatic heterocycles. The largest absolute Gasteiger partial charge is 0.308 e. The fourth-order valence-corrected chi connectivity index (χ4v) is 3.57. The predicted octanol–water partition coefficient (Wildman–Crippen LogP) is 2.52. The molecule has 2 atom stereocenters. The summed E-state index contributed by atoms with van der Waals surface area (Å²) in [5, 5.41) is 3.19. The molecule has 1 heterocycles. The third kappa shape index (κ3) is 2.40. The molecule has 0 aliphatic carbocycles. The van der Waals surface area contributed by atoms with Gasteiger partial charge in [0.25, 0.3) is 0 Å². The molecule has 2 rings (SSSR count). The van der Waals surface area contributed by atoms with E-state index in [1.807, 2.05) is 13.8 Å². The Morgan fingerprint density at radius 3 is 2.65 bits per heavy atom. The van der Waals surface area contributed by atoms with Crippen LogP contribution < -0.4 is 5.32 Å². The highest BCUT2D eigenvalue weighted by Crippen LogP contribution is 2.34. The minimum atomic E-state index is -1.43. The van der Waals surface area contributed by atoms with Crippen molar-refractivity contribution in [2.45, 2.75) is 37.2 Å². The lowest BCUT2D eigenvalue weighted by molar-refractivity contribution is 0.427. The second-order valence-corrected chi connectivity index (χ2v) is 5.99. The van der Waals surface area contributed by atoms with Gasteiger partial charge < -0.3 is 5.32 Å². The highest BCUT2D eigenvalue weighted by Gasteiger charge is 2.30. The van der Waals surface area contributed by atoms with Crippen LogP contribution in [0, 0.1) is 11.6 Å². The maximum absolute atomic E-state index is 13.8. The molecule has 0 spiro atoms. The van der Waals surface area contributed by atoms with Crippen LogP contribution in [0.3, 0.4) is 0 Å². The van der Waals surface area contributed by atoms with Crippen molar-refractivity contribution in [3.05, 3.63) is 29.3 Å². The Morgan fingerprint density at radius 1 is 1.35 bits per heavy atom. The molecular weight excluding hydrogens is 244 g/mol. The van der Waals surface area contributed by atoms with Gasteiger partial charge in [-0.1, -0.05) is 13.8 Å². The van der Waals surface area contributed by atoms with Crippen molar-refractivity contribution in [3.63, 3.8) is 0 Å². The van der Waals surface area contributed by atoms with Crippen molar-refractivity contribution in [1.82, 2.24) is 5.32 Å². The van der Waals surface area contributed by atoms with E-state index in [1.165, 1.54) is 0 Å². The Hall–Kier alpha value is -0.810. The fourth-order valence-electron chi connectivity index (χ4n) is 2.15. The molecule has 94 valence electrons. The molecule has 2 nitrogen and oxygen atoms in total. The molecule has 1 aromatic carbocycles. The van der Waals surface area contributed by atoms with Crippen molar-refractivity contribution in [1.29, 1.82) is 0 Å². The lowest BCUT2D eigenvalue weighted by atomic mass is 10.0. The molecule has 1 aromatic rings. The van der Waals surface area contributed by atoms with Crippen LogP contribution >= 0.6 is 0 Å². The Labute approximate surface area is 102 Å². The molecule has 0 saturated carbocycles. The number of nitrogens with one attached hydrogen (secondary N) is 1. The predicted molar refractivity (Wildman–Crippen MR) is 63.3 cm³/mol. The van der Waals surface area contributed by atoms with E-state index in [0.717, 1.165) is 12.1 Å². The van der Waals surface area contributed by atoms with Crippen molar-refractivity contribution in [3.8, 4) is 0 Å². The van der Waals surface area contributed by atoms with Crippen LogP contribution in [0.25, 0.3) is 0 Å². The highest BCUT2D eigenvalue weighted by molar-refractivity contribution is 7.85. The van der Waals surface area contributed by atoms with E-state index < -0.39 is 22.4 Å². The molecule has 0 saturated heterocycles. The molecule has 1 N–H and O–H groups in total. The van der Waals surface area contributed by atoms with Gasteiger partial charge in [0.05, 0.1) is 15.7 Å². The van der Waals surface area contributed by atoms with Crippen LogP contribution in [0.4, 0.5) is 8.78 Å². The van der Waals surface area contributed by atoms with Gasteiger partial charge in [0.15, 0.2) is 0 Å². The van der Waals surface area contributed by atoms with E-state index in [4.69, 9.17) is 0 Å². The zero-order chi connectivity index (χ0) is 12.6. The van der Waals surface area contributed by atoms with E-state index in [-0.39, 0.29) is 22.5 Å². The van der Waals surface area contributed by atoms with Crippen LogP contribution in [0.2, 0.25) is 0 Å². The monoisotopic (exact) mass is 259 g/mol. The molecule has 0 radical (unpaired) electrons. The van der Waals surface area contributed by atoms with E-state index in [0.29, 0.717) is 12.2 Å². The average molecular weight is 259 g/mol. The molecule has 0 aromatic heterocycles. The molecule has 2 unspecified atom stereocenters. The van der Waals surface area contributed by atoms with Gasteiger partial charge >= 0.3 is 0 Å². The second-order valence-electron chi connectivity index (χ2n) is 4.48. The summed E-state index contributed by atoms with van der Waals surface area (Å²) in [6, 6.07) is 2.07. The van der Waals surface area contributed by atoms with E-state index >= 15 is 0 Å². The summed E-state index contributed by atoms with van der Waals surface area (Å²) >= 11 is 0. The zero-order valence-corrected chi connectivity index (χ0v) is 10.6. The molecule has 0 amide bonds. The standard InChI is InChI=1S/C12H15F2NOS/c1-7(2)15-10-5-6-17(16)12-9(14)4-3-8(13)11(10)12/h3-4,7,10,15H,5-6H2,1-2H3. The first kappa shape index (κ1) is 12.6. The molecule has 17 heavy (non-hydrogen) atoms. The van der Waals surface area contributed by atoms with Crippen molar-refractivity contribution in [2.75, 3.05) is 5.75 Å². The van der Waals surface area contributed by atoms with Gasteiger partial charge in [-0.25, -0.2) is 8.78 Å². The third-order valence-corrected chi connectivity index (χ3v) is 4.27. The minimum Gasteiger partial charge on any atom is -0.308 e. The minimum absolute atomic E-state index is 0.0365. The molecule has 5 heteroatoms. The number of hydrogen-bond donors (Lipinski definition) is 1. The Kier molecular flexibility index (Phi) is 3.58. The van der Waals surface area contributed by atoms with Crippen LogP contribution in [0.5, 0.6) is 0 Å². The fraction of sp³-hybridized carbons (Fsp3) is 0.500. The summed E-state index contributed by atoms with van der Waals surface area (Å²) in [5.74, 6) is -0.680. The van der Waals surface area contributed by atoms with Gasteiger partial charge in [0.2, 0.25) is 0 Å². The van der Waals surface area contributed by atoms with Crippen LogP contribution in [0.15, 0.2) is 17.0 Å². The summed E-state index contributed by atoms with van der Waals surface area (Å²) in [6.45, 7) is 3.89. The zero-order valence-electron chi connectivity index (χ0n) is 9.80. The number of fused-ring (bicyclic) bond motifs is 1. The van der Waals surface area contributed by atoms with Gasteiger partial charge in [0, 0.05) is 23.4 Å². The first-order valence-electron chi connectivity index (χ1n) is 5.63. The molecule has 0 bridgehead atoms. The second kappa shape index (κ2) is 4.82. The van der Waals surface area contributed by atoms with E-state index in [1.54, 1.807) is 0 Å². The van der Waals surface area contributed by atoms with Gasteiger partial charge in [-0.2, -0.15) is 0 Å². The average Bonchev–Trinajstić information content (AvgIpc) is 2.25. The summed E-state index contributed by atoms with van der Waals surface area (Å²) < 4.78 is 39.2. The Morgan fingerprint density at radius 2 is 2.00 bits per heavy atom. The van der Waals surface area contributed by atoms with Crippen molar-refractivity contribution in [2.24, 2.45) is 0 Å². The van der Waals surface area contributed by atoms with Crippen molar-refractivity contribution >= 4 is 10.8 Å². The number of hydrogen-bond acceptors (Lipinski definition) is 2.